The second-order valence-corrected chi connectivity index (χ2v) is 8.37. The number of methoxy groups -OCH3 is 1. The highest BCUT2D eigenvalue weighted by atomic mass is 32.2. The summed E-state index contributed by atoms with van der Waals surface area (Å²) in [5.74, 6) is -0.290. The van der Waals surface area contributed by atoms with Gasteiger partial charge in [0, 0.05) is 12.6 Å². The van der Waals surface area contributed by atoms with Gasteiger partial charge in [-0.05, 0) is 65.9 Å². The lowest BCUT2D eigenvalue weighted by molar-refractivity contribution is -0.121. The van der Waals surface area contributed by atoms with Gasteiger partial charge < -0.3 is 9.47 Å². The van der Waals surface area contributed by atoms with Crippen LogP contribution in [-0.4, -0.2) is 36.1 Å². The number of amidine groups is 1. The van der Waals surface area contributed by atoms with E-state index in [2.05, 4.69) is 4.99 Å². The molecule has 3 aromatic carbocycles. The molecule has 0 saturated carbocycles. The minimum atomic E-state index is -0.424. The van der Waals surface area contributed by atoms with E-state index in [1.165, 1.54) is 35.9 Å². The third-order valence-electron chi connectivity index (χ3n) is 5.03. The highest BCUT2D eigenvalue weighted by Gasteiger charge is 2.30. The second kappa shape index (κ2) is 10.4. The predicted octanol–water partition coefficient (Wildman–Crippen LogP) is 5.43. The lowest BCUT2D eigenvalue weighted by Crippen LogP contribution is -2.23. The van der Waals surface area contributed by atoms with Gasteiger partial charge in [0.15, 0.2) is 5.17 Å². The van der Waals surface area contributed by atoms with Gasteiger partial charge >= 0.3 is 5.97 Å². The first-order valence-corrected chi connectivity index (χ1v) is 11.2. The monoisotopic (exact) mass is 476 g/mol. The van der Waals surface area contributed by atoms with Gasteiger partial charge in [0.1, 0.15) is 18.2 Å². The lowest BCUT2D eigenvalue weighted by atomic mass is 10.1. The maximum absolute atomic E-state index is 13.1. The summed E-state index contributed by atoms with van der Waals surface area (Å²) in [6, 6.07) is 20.1. The number of esters is 1. The number of para-hydroxylation sites is 1. The van der Waals surface area contributed by atoms with Crippen molar-refractivity contribution in [2.75, 3.05) is 14.2 Å². The van der Waals surface area contributed by atoms with Gasteiger partial charge in [-0.3, -0.25) is 9.69 Å². The Balaban J connectivity index is 1.52. The molecule has 0 radical (unpaired) electrons. The molecule has 1 amide bonds. The van der Waals surface area contributed by atoms with Gasteiger partial charge in [0.25, 0.3) is 5.91 Å². The molecule has 0 spiro atoms. The van der Waals surface area contributed by atoms with E-state index in [9.17, 15) is 14.0 Å². The third-order valence-corrected chi connectivity index (χ3v) is 6.09. The average molecular weight is 477 g/mol. The Bertz CT molecular complexity index is 1270. The quantitative estimate of drug-likeness (QED) is 0.351. The zero-order valence-electron chi connectivity index (χ0n) is 18.5. The average Bonchev–Trinajstić information content (AvgIpc) is 3.12. The van der Waals surface area contributed by atoms with Crippen molar-refractivity contribution in [3.05, 3.63) is 100 Å². The molecule has 8 heteroatoms. The van der Waals surface area contributed by atoms with Crippen molar-refractivity contribution in [1.82, 2.24) is 4.90 Å². The summed E-state index contributed by atoms with van der Waals surface area (Å²) in [7, 11) is 2.99. The van der Waals surface area contributed by atoms with Crippen LogP contribution >= 0.6 is 11.8 Å². The molecule has 0 bridgehead atoms. The van der Waals surface area contributed by atoms with Gasteiger partial charge in [-0.15, -0.1) is 0 Å². The van der Waals surface area contributed by atoms with Crippen molar-refractivity contribution in [3.8, 4) is 5.75 Å². The van der Waals surface area contributed by atoms with Crippen LogP contribution in [0.15, 0.2) is 82.7 Å². The van der Waals surface area contributed by atoms with Crippen LogP contribution in [0.25, 0.3) is 6.08 Å². The molecule has 0 unspecified atom stereocenters. The predicted molar refractivity (Wildman–Crippen MR) is 130 cm³/mol. The molecule has 6 nitrogen and oxygen atoms in total. The largest absolute Gasteiger partial charge is 0.488 e. The zero-order chi connectivity index (χ0) is 24.1. The summed E-state index contributed by atoms with van der Waals surface area (Å²) in [5, 5.41) is 0.520. The van der Waals surface area contributed by atoms with Gasteiger partial charge in [0.05, 0.1) is 23.3 Å². The Morgan fingerprint density at radius 1 is 1.06 bits per heavy atom. The number of hydrogen-bond donors (Lipinski definition) is 0. The smallest absolute Gasteiger partial charge is 0.337 e. The number of aliphatic imine (C=N–C) groups is 1. The summed E-state index contributed by atoms with van der Waals surface area (Å²) in [6.07, 6.45) is 1.77. The first-order valence-electron chi connectivity index (χ1n) is 10.4. The summed E-state index contributed by atoms with van der Waals surface area (Å²) >= 11 is 1.25. The number of amides is 1. The van der Waals surface area contributed by atoms with Crippen LogP contribution in [0.1, 0.15) is 21.5 Å². The Kier molecular flexibility index (Phi) is 7.08. The van der Waals surface area contributed by atoms with E-state index in [-0.39, 0.29) is 18.3 Å². The number of carbonyl (C=O) groups is 2. The molecule has 0 atom stereocenters. The van der Waals surface area contributed by atoms with Crippen molar-refractivity contribution in [1.29, 1.82) is 0 Å². The molecule has 1 aliphatic heterocycles. The van der Waals surface area contributed by atoms with Crippen LogP contribution in [-0.2, 0) is 16.1 Å². The Labute approximate surface area is 200 Å². The van der Waals surface area contributed by atoms with E-state index in [1.54, 1.807) is 49.5 Å². The van der Waals surface area contributed by atoms with Crippen molar-refractivity contribution >= 4 is 40.6 Å². The highest BCUT2D eigenvalue weighted by Crippen LogP contribution is 2.35. The van der Waals surface area contributed by atoms with E-state index in [4.69, 9.17) is 9.47 Å². The summed E-state index contributed by atoms with van der Waals surface area (Å²) in [6.45, 7) is 0.274. The minimum Gasteiger partial charge on any atom is -0.488 e. The first kappa shape index (κ1) is 23.3. The molecule has 1 heterocycles. The van der Waals surface area contributed by atoms with E-state index >= 15 is 0 Å². The van der Waals surface area contributed by atoms with Crippen molar-refractivity contribution in [2.45, 2.75) is 6.61 Å². The van der Waals surface area contributed by atoms with E-state index in [0.29, 0.717) is 27.1 Å². The van der Waals surface area contributed by atoms with Crippen LogP contribution in [0.5, 0.6) is 5.75 Å². The Morgan fingerprint density at radius 3 is 2.47 bits per heavy atom. The SMILES string of the molecule is COC(=O)c1ccc(N=C2SC(=Cc3ccccc3OCc3ccc(F)cc3)C(=O)N2C)cc1. The summed E-state index contributed by atoms with van der Waals surface area (Å²) in [5.41, 5.74) is 2.62. The summed E-state index contributed by atoms with van der Waals surface area (Å²) in [4.78, 5) is 31.0. The molecule has 1 fully saturated rings. The molecule has 0 aromatic heterocycles. The number of carbonyl (C=O) groups excluding carboxylic acids is 2. The van der Waals surface area contributed by atoms with E-state index in [1.807, 2.05) is 24.3 Å². The molecule has 0 aliphatic carbocycles. The van der Waals surface area contributed by atoms with Crippen LogP contribution in [0.4, 0.5) is 10.1 Å². The molecule has 0 N–H and O–H groups in total. The normalized spacial score (nSPS) is 15.7. The maximum atomic E-state index is 13.1. The second-order valence-electron chi connectivity index (χ2n) is 7.36. The van der Waals surface area contributed by atoms with Crippen molar-refractivity contribution in [2.24, 2.45) is 4.99 Å². The number of ether oxygens (including phenoxy) is 2. The maximum Gasteiger partial charge on any atom is 0.337 e. The minimum absolute atomic E-state index is 0.178. The molecule has 1 saturated heterocycles. The van der Waals surface area contributed by atoms with Crippen LogP contribution < -0.4 is 4.74 Å². The Morgan fingerprint density at radius 2 is 1.76 bits per heavy atom. The third kappa shape index (κ3) is 5.35. The molecular weight excluding hydrogens is 455 g/mol. The number of thioether (sulfide) groups is 1. The first-order chi connectivity index (χ1) is 16.4. The topological polar surface area (TPSA) is 68.2 Å². The zero-order valence-corrected chi connectivity index (χ0v) is 19.3. The highest BCUT2D eigenvalue weighted by molar-refractivity contribution is 8.18. The van der Waals surface area contributed by atoms with E-state index < -0.39 is 5.97 Å². The number of halogens is 1. The fraction of sp³-hybridized carbons (Fsp3) is 0.115. The lowest BCUT2D eigenvalue weighted by Gasteiger charge is -2.10. The Hall–Kier alpha value is -3.91. The van der Waals surface area contributed by atoms with E-state index in [0.717, 1.165) is 11.1 Å². The van der Waals surface area contributed by atoms with Crippen LogP contribution in [0.3, 0.4) is 0 Å². The van der Waals surface area contributed by atoms with Gasteiger partial charge in [-0.2, -0.15) is 0 Å². The fourth-order valence-electron chi connectivity index (χ4n) is 3.17. The molecule has 4 rings (SSSR count). The summed E-state index contributed by atoms with van der Waals surface area (Å²) < 4.78 is 23.8. The standard InChI is InChI=1S/C26H21FN2O4S/c1-29-24(30)23(34-26(29)28-21-13-9-18(10-14-21)25(31)32-2)15-19-5-3-4-6-22(19)33-16-17-7-11-20(27)12-8-17/h3-15H,16H2,1-2H3. The number of hydrogen-bond acceptors (Lipinski definition) is 6. The molecular formula is C26H21FN2O4S. The number of likely N-dealkylation sites (N-methyl/N-ethyl adjacent to an activating group) is 1. The van der Waals surface area contributed by atoms with Crippen molar-refractivity contribution < 1.29 is 23.5 Å². The number of benzene rings is 3. The van der Waals surface area contributed by atoms with Gasteiger partial charge in [-0.25, -0.2) is 14.2 Å². The van der Waals surface area contributed by atoms with Gasteiger partial charge in [0.2, 0.25) is 0 Å². The fourth-order valence-corrected chi connectivity index (χ4v) is 4.14. The number of nitrogens with zero attached hydrogens (tertiary/aromatic N) is 2. The van der Waals surface area contributed by atoms with Gasteiger partial charge in [-0.1, -0.05) is 30.3 Å². The van der Waals surface area contributed by atoms with Crippen LogP contribution in [0, 0.1) is 5.82 Å². The number of rotatable bonds is 6. The molecule has 34 heavy (non-hydrogen) atoms. The molecule has 1 aliphatic rings. The van der Waals surface area contributed by atoms with Crippen LogP contribution in [0.2, 0.25) is 0 Å². The van der Waals surface area contributed by atoms with Crippen molar-refractivity contribution in [3.63, 3.8) is 0 Å². The molecule has 3 aromatic rings. The molecule has 172 valence electrons.